The van der Waals surface area contributed by atoms with E-state index in [0.29, 0.717) is 22.3 Å². The van der Waals surface area contributed by atoms with E-state index in [1.807, 2.05) is 18.2 Å². The lowest BCUT2D eigenvalue weighted by Crippen LogP contribution is -2.12. The second-order valence-electron chi connectivity index (χ2n) is 5.30. The van der Waals surface area contributed by atoms with Gasteiger partial charge in [-0.05, 0) is 30.3 Å². The minimum Gasteiger partial charge on any atom is -0.403 e. The summed E-state index contributed by atoms with van der Waals surface area (Å²) in [6, 6.07) is 11.1. The third-order valence-corrected chi connectivity index (χ3v) is 4.02. The van der Waals surface area contributed by atoms with Gasteiger partial charge < -0.3 is 4.42 Å². The molecule has 0 aliphatic carbocycles. The summed E-state index contributed by atoms with van der Waals surface area (Å²) >= 11 is 1.70. The smallest absolute Gasteiger partial charge is 0.322 e. The first-order valence-electron chi connectivity index (χ1n) is 7.44. The summed E-state index contributed by atoms with van der Waals surface area (Å²) in [6.07, 6.45) is 3.27. The Morgan fingerprint density at radius 3 is 2.83 bits per heavy atom. The number of hydrogen-bond acceptors (Lipinski definition) is 6. The Morgan fingerprint density at radius 2 is 2.08 bits per heavy atom. The lowest BCUT2D eigenvalue weighted by Gasteiger charge is -2.06. The quantitative estimate of drug-likeness (QED) is 0.710. The molecule has 0 saturated carbocycles. The highest BCUT2D eigenvalue weighted by Crippen LogP contribution is 2.24. The van der Waals surface area contributed by atoms with E-state index in [1.165, 1.54) is 0 Å². The Kier molecular flexibility index (Phi) is 4.90. The van der Waals surface area contributed by atoms with E-state index in [4.69, 9.17) is 4.42 Å². The van der Waals surface area contributed by atoms with Gasteiger partial charge >= 0.3 is 6.01 Å². The van der Waals surface area contributed by atoms with Gasteiger partial charge in [0.2, 0.25) is 0 Å². The zero-order valence-electron chi connectivity index (χ0n) is 13.3. The Bertz CT molecular complexity index is 833. The van der Waals surface area contributed by atoms with Crippen molar-refractivity contribution in [2.75, 3.05) is 5.32 Å². The summed E-state index contributed by atoms with van der Waals surface area (Å²) in [6.45, 7) is 4.21. The topological polar surface area (TPSA) is 80.9 Å². The number of nitrogens with one attached hydrogen (secondary N) is 1. The fourth-order valence-electron chi connectivity index (χ4n) is 2.03. The Morgan fingerprint density at radius 1 is 1.21 bits per heavy atom. The van der Waals surface area contributed by atoms with Crippen molar-refractivity contribution in [2.45, 2.75) is 24.0 Å². The minimum atomic E-state index is -0.289. The first-order chi connectivity index (χ1) is 11.6. The third-order valence-electron chi connectivity index (χ3n) is 3.02. The van der Waals surface area contributed by atoms with Gasteiger partial charge in [-0.15, -0.1) is 16.9 Å². The average Bonchev–Trinajstić information content (AvgIpc) is 3.04. The Balaban J connectivity index is 1.72. The van der Waals surface area contributed by atoms with E-state index in [2.05, 4.69) is 34.3 Å². The van der Waals surface area contributed by atoms with Crippen LogP contribution in [0.25, 0.3) is 11.5 Å². The highest BCUT2D eigenvalue weighted by molar-refractivity contribution is 7.99. The number of nitrogens with zero attached hydrogens (tertiary/aromatic N) is 3. The van der Waals surface area contributed by atoms with E-state index in [0.717, 1.165) is 4.90 Å². The maximum absolute atomic E-state index is 12.3. The maximum atomic E-state index is 12.3. The molecule has 0 radical (unpaired) electrons. The zero-order chi connectivity index (χ0) is 16.9. The van der Waals surface area contributed by atoms with Crippen LogP contribution >= 0.6 is 11.8 Å². The molecule has 2 aromatic heterocycles. The molecule has 0 spiro atoms. The van der Waals surface area contributed by atoms with Gasteiger partial charge in [0.1, 0.15) is 0 Å². The monoisotopic (exact) mass is 340 g/mol. The van der Waals surface area contributed by atoms with Crippen molar-refractivity contribution in [1.29, 1.82) is 0 Å². The highest BCUT2D eigenvalue weighted by Gasteiger charge is 2.13. The molecule has 2 heterocycles. The number of thioether (sulfide) groups is 1. The van der Waals surface area contributed by atoms with Crippen molar-refractivity contribution in [3.8, 4) is 11.5 Å². The largest absolute Gasteiger partial charge is 0.403 e. The van der Waals surface area contributed by atoms with Gasteiger partial charge in [0, 0.05) is 28.1 Å². The van der Waals surface area contributed by atoms with Gasteiger partial charge in [-0.1, -0.05) is 25.0 Å². The standard InChI is InChI=1S/C17H16N4O2S/c1-11(2)24-14-7-3-5-12(9-14)15(22)19-17-21-20-16(23-17)13-6-4-8-18-10-13/h3-11H,1-2H3,(H,19,21,22). The molecule has 6 nitrogen and oxygen atoms in total. The number of pyridine rings is 1. The number of aromatic nitrogens is 3. The lowest BCUT2D eigenvalue weighted by atomic mass is 10.2. The summed E-state index contributed by atoms with van der Waals surface area (Å²) in [4.78, 5) is 17.4. The van der Waals surface area contributed by atoms with Crippen LogP contribution in [-0.2, 0) is 0 Å². The van der Waals surface area contributed by atoms with Crippen molar-refractivity contribution < 1.29 is 9.21 Å². The van der Waals surface area contributed by atoms with Crippen LogP contribution in [0.3, 0.4) is 0 Å². The average molecular weight is 340 g/mol. The molecule has 0 bridgehead atoms. The maximum Gasteiger partial charge on any atom is 0.322 e. The number of rotatable bonds is 5. The summed E-state index contributed by atoms with van der Waals surface area (Å²) in [7, 11) is 0. The second-order valence-corrected chi connectivity index (χ2v) is 6.95. The normalized spacial score (nSPS) is 10.8. The van der Waals surface area contributed by atoms with Gasteiger partial charge in [0.25, 0.3) is 11.8 Å². The molecule has 3 aromatic rings. The van der Waals surface area contributed by atoms with Crippen molar-refractivity contribution >= 4 is 23.7 Å². The number of amides is 1. The molecular formula is C17H16N4O2S. The predicted octanol–water partition coefficient (Wildman–Crippen LogP) is 3.88. The number of carbonyl (C=O) groups is 1. The molecule has 1 amide bonds. The Hall–Kier alpha value is -2.67. The molecule has 0 fully saturated rings. The van der Waals surface area contributed by atoms with Crippen LogP contribution in [0.4, 0.5) is 6.01 Å². The molecule has 3 rings (SSSR count). The van der Waals surface area contributed by atoms with Gasteiger partial charge in [0.15, 0.2) is 0 Å². The fourth-order valence-corrected chi connectivity index (χ4v) is 2.93. The van der Waals surface area contributed by atoms with Crippen LogP contribution in [0.2, 0.25) is 0 Å². The molecule has 1 N–H and O–H groups in total. The molecule has 0 atom stereocenters. The Labute approximate surface area is 143 Å². The van der Waals surface area contributed by atoms with Crippen LogP contribution in [0, 0.1) is 0 Å². The van der Waals surface area contributed by atoms with Gasteiger partial charge in [0.05, 0.1) is 5.56 Å². The number of benzene rings is 1. The van der Waals surface area contributed by atoms with E-state index >= 15 is 0 Å². The third kappa shape index (κ3) is 3.99. The highest BCUT2D eigenvalue weighted by atomic mass is 32.2. The first kappa shape index (κ1) is 16.2. The molecule has 0 saturated heterocycles. The number of carbonyl (C=O) groups excluding carboxylic acids is 1. The summed E-state index contributed by atoms with van der Waals surface area (Å²) < 4.78 is 5.46. The minimum absolute atomic E-state index is 0.0563. The van der Waals surface area contributed by atoms with Crippen LogP contribution in [0.15, 0.2) is 58.1 Å². The van der Waals surface area contributed by atoms with Crippen molar-refractivity contribution in [3.05, 3.63) is 54.4 Å². The molecule has 122 valence electrons. The van der Waals surface area contributed by atoms with Crippen molar-refractivity contribution in [2.24, 2.45) is 0 Å². The van der Waals surface area contributed by atoms with Crippen LogP contribution in [-0.4, -0.2) is 26.3 Å². The number of hydrogen-bond donors (Lipinski definition) is 1. The fraction of sp³-hybridized carbons (Fsp3) is 0.176. The lowest BCUT2D eigenvalue weighted by molar-refractivity contribution is 0.102. The molecule has 24 heavy (non-hydrogen) atoms. The molecule has 7 heteroatoms. The molecule has 0 unspecified atom stereocenters. The van der Waals surface area contributed by atoms with Gasteiger partial charge in [-0.25, -0.2) is 0 Å². The van der Waals surface area contributed by atoms with Gasteiger partial charge in [-0.2, -0.15) is 0 Å². The molecule has 0 aliphatic rings. The van der Waals surface area contributed by atoms with Crippen molar-refractivity contribution in [3.63, 3.8) is 0 Å². The molecule has 0 aliphatic heterocycles. The first-order valence-corrected chi connectivity index (χ1v) is 8.32. The predicted molar refractivity (Wildman–Crippen MR) is 92.9 cm³/mol. The van der Waals surface area contributed by atoms with Crippen LogP contribution in [0.1, 0.15) is 24.2 Å². The second kappa shape index (κ2) is 7.27. The van der Waals surface area contributed by atoms with E-state index in [9.17, 15) is 4.79 Å². The van der Waals surface area contributed by atoms with Crippen LogP contribution < -0.4 is 5.32 Å². The van der Waals surface area contributed by atoms with E-state index in [1.54, 1.807) is 42.4 Å². The van der Waals surface area contributed by atoms with E-state index < -0.39 is 0 Å². The summed E-state index contributed by atoms with van der Waals surface area (Å²) in [5.74, 6) is 0.0186. The summed E-state index contributed by atoms with van der Waals surface area (Å²) in [5.41, 5.74) is 1.24. The van der Waals surface area contributed by atoms with Crippen LogP contribution in [0.5, 0.6) is 0 Å². The van der Waals surface area contributed by atoms with E-state index in [-0.39, 0.29) is 11.9 Å². The number of anilines is 1. The summed E-state index contributed by atoms with van der Waals surface area (Å²) in [5, 5.41) is 10.8. The SMILES string of the molecule is CC(C)Sc1cccc(C(=O)Nc2nnc(-c3cccnc3)o2)c1. The van der Waals surface area contributed by atoms with Crippen molar-refractivity contribution in [1.82, 2.24) is 15.2 Å². The molecule has 1 aromatic carbocycles. The molecular weight excluding hydrogens is 324 g/mol. The zero-order valence-corrected chi connectivity index (χ0v) is 14.1. The van der Waals surface area contributed by atoms with Gasteiger partial charge in [-0.3, -0.25) is 15.1 Å².